The molecule has 0 fully saturated rings. The van der Waals surface area contributed by atoms with Crippen LogP contribution in [-0.2, 0) is 26.5 Å². The molecule has 4 aromatic heterocycles. The van der Waals surface area contributed by atoms with E-state index < -0.39 is 14.4 Å². The summed E-state index contributed by atoms with van der Waals surface area (Å²) in [7, 11) is -1.77. The Morgan fingerprint density at radius 2 is 1.50 bits per heavy atom. The summed E-state index contributed by atoms with van der Waals surface area (Å²) in [6.45, 7) is 17.1. The summed E-state index contributed by atoms with van der Waals surface area (Å²) in [6.07, 6.45) is 0.400. The van der Waals surface area contributed by atoms with Gasteiger partial charge in [0.2, 0.25) is 5.71 Å². The molecular formula is C51H48IrN4OSi-2. The topological polar surface area (TPSA) is 56.7 Å². The van der Waals surface area contributed by atoms with Crippen molar-refractivity contribution in [3.8, 4) is 28.3 Å². The molecular weight excluding hydrogens is 905 g/mol. The van der Waals surface area contributed by atoms with Crippen LogP contribution in [0.15, 0.2) is 132 Å². The number of rotatable bonds is 7. The number of fused-ring (bicyclic) bond motifs is 4. The first-order valence-electron chi connectivity index (χ1n) is 20.5. The Labute approximate surface area is 359 Å². The van der Waals surface area contributed by atoms with Crippen LogP contribution in [0.3, 0.4) is 0 Å². The van der Waals surface area contributed by atoms with Crippen LogP contribution in [0.25, 0.3) is 61.4 Å². The number of imidazole rings is 1. The van der Waals surface area contributed by atoms with E-state index in [-0.39, 0.29) is 26.0 Å². The molecule has 1 unspecified atom stereocenters. The van der Waals surface area contributed by atoms with Gasteiger partial charge in [-0.15, -0.1) is 54.1 Å². The quantitative estimate of drug-likeness (QED) is 0.118. The average Bonchev–Trinajstić information content (AvgIpc) is 3.79. The van der Waals surface area contributed by atoms with Crippen molar-refractivity contribution < 1.29 is 27.3 Å². The molecule has 0 bridgehead atoms. The van der Waals surface area contributed by atoms with E-state index in [0.29, 0.717) is 5.71 Å². The summed E-state index contributed by atoms with van der Waals surface area (Å²) in [5.74, 6) is 0.562. The molecule has 9 aromatic rings. The van der Waals surface area contributed by atoms with Crippen LogP contribution >= 0.6 is 0 Å². The van der Waals surface area contributed by atoms with E-state index in [1.165, 1.54) is 16.7 Å². The molecule has 7 heteroatoms. The maximum absolute atomic E-state index is 9.04. The van der Waals surface area contributed by atoms with E-state index in [0.717, 1.165) is 77.7 Å². The molecule has 58 heavy (non-hydrogen) atoms. The standard InChI is InChI=1S/C28H22N3O.C23H26NSi.Ir/c1-16-14-17(2)25(18(3)15-16)31-24-11-6-5-10-23(24)30-27(31)22-9-7-8-20-21-13-12-19(4)29-28(21)32-26(20)22;1-18(19-11-7-5-8-12-19)15-21-16-22(20-13-9-6-10-14-20)24-17-23(21)25(2,3)4;/h5-8,10-15H,1-4H3;5-13,16-18H,15H2,1-4H3;/q2*-1;/i;15D2;. The van der Waals surface area contributed by atoms with Gasteiger partial charge in [0, 0.05) is 45.8 Å². The minimum Gasteiger partial charge on any atom is -0.486 e. The smallest absolute Gasteiger partial charge is 0.216 e. The second kappa shape index (κ2) is 16.8. The van der Waals surface area contributed by atoms with Crippen molar-refractivity contribution in [2.45, 2.75) is 66.6 Å². The van der Waals surface area contributed by atoms with Crippen LogP contribution in [0.5, 0.6) is 0 Å². The van der Waals surface area contributed by atoms with Gasteiger partial charge in [0.25, 0.3) is 0 Å². The largest absolute Gasteiger partial charge is 0.486 e. The number of aromatic nitrogens is 4. The van der Waals surface area contributed by atoms with Crippen molar-refractivity contribution in [1.82, 2.24) is 19.5 Å². The second-order valence-corrected chi connectivity index (χ2v) is 21.0. The summed E-state index contributed by atoms with van der Waals surface area (Å²) in [6, 6.07) is 47.0. The molecule has 9 rings (SSSR count). The van der Waals surface area contributed by atoms with Crippen molar-refractivity contribution in [2.24, 2.45) is 0 Å². The summed E-state index contributed by atoms with van der Waals surface area (Å²) >= 11 is 0. The average molecular weight is 955 g/mol. The summed E-state index contributed by atoms with van der Waals surface area (Å²) in [5, 5.41) is 3.11. The van der Waals surface area contributed by atoms with Gasteiger partial charge >= 0.3 is 0 Å². The number of para-hydroxylation sites is 2. The number of furan rings is 1. The van der Waals surface area contributed by atoms with E-state index in [4.69, 9.17) is 12.1 Å². The number of pyridine rings is 2. The van der Waals surface area contributed by atoms with Crippen molar-refractivity contribution in [2.75, 3.05) is 0 Å². The molecule has 5 nitrogen and oxygen atoms in total. The first-order chi connectivity index (χ1) is 28.2. The molecule has 1 radical (unpaired) electrons. The maximum Gasteiger partial charge on any atom is 0.216 e. The Morgan fingerprint density at radius 1 is 0.776 bits per heavy atom. The third-order valence-electron chi connectivity index (χ3n) is 10.4. The third-order valence-corrected chi connectivity index (χ3v) is 12.5. The zero-order chi connectivity index (χ0) is 41.6. The van der Waals surface area contributed by atoms with Crippen LogP contribution in [-0.4, -0.2) is 27.6 Å². The SMILES string of the molecule is Cc1cc(C)c(-n2c(-c3[c-]ccc4c3oc3nc(C)ccc34)nc3ccccc32)c(C)c1.[2H]C([2H])(c1cc(-c2[c-]cccc2)ncc1[Si](C)(C)C)C(C)c1ccccc1.[Ir]. The molecule has 0 saturated heterocycles. The monoisotopic (exact) mass is 955 g/mol. The van der Waals surface area contributed by atoms with Crippen LogP contribution in [0.4, 0.5) is 0 Å². The van der Waals surface area contributed by atoms with Crippen molar-refractivity contribution >= 4 is 46.4 Å². The molecule has 4 heterocycles. The number of nitrogens with zero attached hydrogens (tertiary/aromatic N) is 4. The summed E-state index contributed by atoms with van der Waals surface area (Å²) in [4.78, 5) is 14.3. The maximum atomic E-state index is 9.04. The molecule has 293 valence electrons. The Hall–Kier alpha value is -5.46. The number of hydrogen-bond acceptors (Lipinski definition) is 4. The number of benzene rings is 5. The van der Waals surface area contributed by atoms with E-state index in [1.54, 1.807) is 0 Å². The van der Waals surface area contributed by atoms with Crippen molar-refractivity contribution in [3.63, 3.8) is 0 Å². The first-order valence-corrected chi connectivity index (χ1v) is 23.0. The van der Waals surface area contributed by atoms with Crippen molar-refractivity contribution in [3.05, 3.63) is 173 Å². The number of aryl methyl sites for hydroxylation is 4. The Kier molecular flexibility index (Phi) is 11.0. The van der Waals surface area contributed by atoms with Gasteiger partial charge in [-0.05, 0) is 91.8 Å². The molecule has 0 amide bonds. The summed E-state index contributed by atoms with van der Waals surface area (Å²) in [5.41, 5.74) is 13.4. The van der Waals surface area contributed by atoms with Gasteiger partial charge in [-0.3, -0.25) is 4.98 Å². The zero-order valence-electron chi connectivity index (χ0n) is 36.2. The van der Waals surface area contributed by atoms with Gasteiger partial charge in [0.1, 0.15) is 0 Å². The van der Waals surface area contributed by atoms with Crippen LogP contribution in [0.2, 0.25) is 19.6 Å². The Bertz CT molecular complexity index is 2950. The fourth-order valence-corrected chi connectivity index (χ4v) is 9.16. The van der Waals surface area contributed by atoms with Gasteiger partial charge < -0.3 is 14.0 Å². The van der Waals surface area contributed by atoms with E-state index in [9.17, 15) is 0 Å². The van der Waals surface area contributed by atoms with Crippen LogP contribution in [0, 0.1) is 39.8 Å². The Balaban J connectivity index is 0.000000182. The predicted molar refractivity (Wildman–Crippen MR) is 239 cm³/mol. The van der Waals surface area contributed by atoms with Crippen LogP contribution < -0.4 is 5.19 Å². The summed E-state index contributed by atoms with van der Waals surface area (Å²) < 4.78 is 26.6. The third kappa shape index (κ3) is 8.13. The van der Waals surface area contributed by atoms with Crippen molar-refractivity contribution in [1.29, 1.82) is 0 Å². The van der Waals surface area contributed by atoms with Gasteiger partial charge in [-0.25, -0.2) is 4.98 Å². The fraction of sp³-hybridized carbons (Fsp3) is 0.196. The molecule has 1 atom stereocenters. The van der Waals surface area contributed by atoms with Crippen LogP contribution in [0.1, 0.15) is 49.1 Å². The van der Waals surface area contributed by atoms with E-state index >= 15 is 0 Å². The predicted octanol–water partition coefficient (Wildman–Crippen LogP) is 12.5. The molecule has 0 aliphatic heterocycles. The Morgan fingerprint density at radius 3 is 2.22 bits per heavy atom. The molecule has 5 aromatic carbocycles. The minimum absolute atomic E-state index is 0. The number of hydrogen-bond donors (Lipinski definition) is 0. The minimum atomic E-state index is -1.77. The van der Waals surface area contributed by atoms with E-state index in [2.05, 4.69) is 103 Å². The molecule has 0 aliphatic rings. The fourth-order valence-electron chi connectivity index (χ4n) is 7.76. The van der Waals surface area contributed by atoms with Gasteiger partial charge in [-0.1, -0.05) is 109 Å². The zero-order valence-corrected chi connectivity index (χ0v) is 37.6. The van der Waals surface area contributed by atoms with Gasteiger partial charge in [0.15, 0.2) is 0 Å². The second-order valence-electron chi connectivity index (χ2n) is 15.9. The normalized spacial score (nSPS) is 12.8. The molecule has 0 saturated carbocycles. The first kappa shape index (κ1) is 38.1. The van der Waals surface area contributed by atoms with Gasteiger partial charge in [-0.2, -0.15) is 0 Å². The molecule has 0 aliphatic carbocycles. The van der Waals surface area contributed by atoms with E-state index in [1.807, 2.05) is 105 Å². The molecule has 0 spiro atoms. The molecule has 0 N–H and O–H groups in total. The van der Waals surface area contributed by atoms with Gasteiger partial charge in [0.05, 0.1) is 30.5 Å².